The lowest BCUT2D eigenvalue weighted by molar-refractivity contribution is -0.0365. The van der Waals surface area contributed by atoms with E-state index in [1.54, 1.807) is 17.0 Å². The van der Waals surface area contributed by atoms with Gasteiger partial charge in [0, 0.05) is 37.3 Å². The lowest BCUT2D eigenvalue weighted by Crippen LogP contribution is -2.40. The molecule has 59 heavy (non-hydrogen) atoms. The van der Waals surface area contributed by atoms with Crippen molar-refractivity contribution in [2.45, 2.75) is 170 Å². The molecule has 2 aromatic carbocycles. The van der Waals surface area contributed by atoms with E-state index in [1.807, 2.05) is 31.5 Å². The van der Waals surface area contributed by atoms with Crippen LogP contribution in [0.3, 0.4) is 0 Å². The number of aromatic nitrogens is 4. The zero-order valence-electron chi connectivity index (χ0n) is 37.3. The summed E-state index contributed by atoms with van der Waals surface area (Å²) in [6, 6.07) is 9.58. The van der Waals surface area contributed by atoms with Gasteiger partial charge in [-0.15, -0.1) is 0 Å². The molecule has 6 rings (SSSR count). The molecule has 1 unspecified atom stereocenters. The molecule has 11 heteroatoms. The Bertz CT molecular complexity index is 2000. The van der Waals surface area contributed by atoms with Crippen molar-refractivity contribution in [3.05, 3.63) is 53.1 Å². The van der Waals surface area contributed by atoms with Crippen molar-refractivity contribution in [1.82, 2.24) is 24.2 Å². The van der Waals surface area contributed by atoms with Crippen LogP contribution in [0.15, 0.2) is 30.3 Å². The number of carbonyl (C=O) groups excluding carboxylic acids is 1. The highest BCUT2D eigenvalue weighted by molar-refractivity contribution is 5.95. The van der Waals surface area contributed by atoms with Gasteiger partial charge in [-0.2, -0.15) is 5.10 Å². The average Bonchev–Trinajstić information content (AvgIpc) is 3.76. The number of halogens is 1. The van der Waals surface area contributed by atoms with Gasteiger partial charge in [0.15, 0.2) is 23.6 Å². The smallest absolute Gasteiger partial charge is 0.410 e. The summed E-state index contributed by atoms with van der Waals surface area (Å²) in [7, 11) is 1.49. The third-order valence-electron chi connectivity index (χ3n) is 11.6. The highest BCUT2D eigenvalue weighted by Crippen LogP contribution is 2.38. The van der Waals surface area contributed by atoms with Crippen molar-refractivity contribution in [3.63, 3.8) is 0 Å². The quantitative estimate of drug-likeness (QED) is 0.0923. The van der Waals surface area contributed by atoms with E-state index >= 15 is 4.39 Å². The number of hydrogen-bond donors (Lipinski definition) is 0. The summed E-state index contributed by atoms with van der Waals surface area (Å²) in [5, 5.41) is 6.21. The van der Waals surface area contributed by atoms with Crippen LogP contribution in [0.25, 0.3) is 33.5 Å². The number of benzene rings is 2. The number of aryl methyl sites for hydroxylation is 1. The third-order valence-corrected chi connectivity index (χ3v) is 11.6. The standard InChI is InChI=1S/C48H70FN5O5/c1-9-34-30-42(56-8)38(49)31-37(34)35-22-23-36-41(29-35)54(43-21-17-20-28-58-43)51-44(36)45-50-39-32-52(46(55)59-48(5,6)7)26-24-40(39)53(45)33-57-27-19-16-14-12-10-11-13-15-18-25-47(2,3)4/h22-23,29-31,43H,9-21,24-28,32-33H2,1-8H3. The van der Waals surface area contributed by atoms with Gasteiger partial charge in [-0.1, -0.05) is 85.1 Å². The van der Waals surface area contributed by atoms with Crippen molar-refractivity contribution in [2.24, 2.45) is 5.41 Å². The van der Waals surface area contributed by atoms with E-state index in [0.29, 0.717) is 50.7 Å². The van der Waals surface area contributed by atoms with E-state index in [9.17, 15) is 4.79 Å². The number of ether oxygens (including phenoxy) is 4. The Kier molecular flexibility index (Phi) is 15.2. The Balaban J connectivity index is 1.24. The fourth-order valence-electron chi connectivity index (χ4n) is 8.42. The van der Waals surface area contributed by atoms with Gasteiger partial charge in [-0.05, 0) is 106 Å². The predicted molar refractivity (Wildman–Crippen MR) is 233 cm³/mol. The summed E-state index contributed by atoms with van der Waals surface area (Å²) in [6.07, 6.45) is 16.3. The van der Waals surface area contributed by atoms with Crippen molar-refractivity contribution < 1.29 is 28.1 Å². The van der Waals surface area contributed by atoms with Gasteiger partial charge in [-0.25, -0.2) is 18.9 Å². The molecule has 1 fully saturated rings. The summed E-state index contributed by atoms with van der Waals surface area (Å²) in [6.45, 7) is 17.3. The molecule has 2 aromatic heterocycles. The van der Waals surface area contributed by atoms with Crippen LogP contribution in [0.1, 0.15) is 155 Å². The van der Waals surface area contributed by atoms with Crippen LogP contribution < -0.4 is 4.74 Å². The molecule has 0 saturated carbocycles. The van der Waals surface area contributed by atoms with Gasteiger partial charge >= 0.3 is 6.09 Å². The molecule has 0 spiro atoms. The minimum Gasteiger partial charge on any atom is -0.494 e. The van der Waals surface area contributed by atoms with Crippen molar-refractivity contribution in [2.75, 3.05) is 26.9 Å². The van der Waals surface area contributed by atoms with Crippen LogP contribution in [-0.2, 0) is 40.3 Å². The Morgan fingerprint density at radius 2 is 1.68 bits per heavy atom. The molecule has 0 N–H and O–H groups in total. The molecule has 0 bridgehead atoms. The minimum atomic E-state index is -0.594. The monoisotopic (exact) mass is 816 g/mol. The lowest BCUT2D eigenvalue weighted by Gasteiger charge is -2.30. The molecule has 2 aliphatic heterocycles. The molecule has 2 aliphatic rings. The number of methoxy groups -OCH3 is 1. The van der Waals surface area contributed by atoms with Gasteiger partial charge in [0.1, 0.15) is 18.0 Å². The molecule has 4 aromatic rings. The maximum absolute atomic E-state index is 15.2. The van der Waals surface area contributed by atoms with Crippen LogP contribution in [0.4, 0.5) is 9.18 Å². The normalized spacial score (nSPS) is 16.2. The molecule has 1 saturated heterocycles. The van der Waals surface area contributed by atoms with Gasteiger partial charge in [0.05, 0.1) is 24.9 Å². The molecule has 10 nitrogen and oxygen atoms in total. The average molecular weight is 816 g/mol. The van der Waals surface area contributed by atoms with Gasteiger partial charge < -0.3 is 28.4 Å². The maximum Gasteiger partial charge on any atom is 0.410 e. The molecule has 4 heterocycles. The van der Waals surface area contributed by atoms with Crippen molar-refractivity contribution in [3.8, 4) is 28.4 Å². The SMILES string of the molecule is CCc1cc(OC)c(F)cc1-c1ccc2c(-c3nc4c(n3COCCCCCCCCCCCC(C)(C)C)CCN(C(=O)OC(C)(C)C)C4)nn(C3CCCCO3)c2c1. The molecule has 1 atom stereocenters. The summed E-state index contributed by atoms with van der Waals surface area (Å²) >= 11 is 0. The summed E-state index contributed by atoms with van der Waals surface area (Å²) in [4.78, 5) is 20.2. The van der Waals surface area contributed by atoms with E-state index in [4.69, 9.17) is 29.0 Å². The number of unbranched alkanes of at least 4 members (excludes halogenated alkanes) is 8. The van der Waals surface area contributed by atoms with Crippen LogP contribution in [0.2, 0.25) is 0 Å². The van der Waals surface area contributed by atoms with Crippen LogP contribution in [0, 0.1) is 11.2 Å². The Morgan fingerprint density at radius 3 is 2.34 bits per heavy atom. The number of nitrogens with zero attached hydrogens (tertiary/aromatic N) is 5. The van der Waals surface area contributed by atoms with Crippen LogP contribution in [0.5, 0.6) is 5.75 Å². The van der Waals surface area contributed by atoms with E-state index in [2.05, 4.69) is 44.4 Å². The fraction of sp³-hybridized carbons (Fsp3) is 0.646. The first kappa shape index (κ1) is 44.6. The minimum absolute atomic E-state index is 0.237. The van der Waals surface area contributed by atoms with Crippen LogP contribution in [-0.4, -0.2) is 62.8 Å². The molecule has 0 radical (unpaired) electrons. The van der Waals surface area contributed by atoms with E-state index in [-0.39, 0.29) is 18.1 Å². The van der Waals surface area contributed by atoms with Crippen LogP contribution >= 0.6 is 0 Å². The zero-order chi connectivity index (χ0) is 42.2. The van der Waals surface area contributed by atoms with E-state index < -0.39 is 11.4 Å². The highest BCUT2D eigenvalue weighted by atomic mass is 19.1. The number of carbonyl (C=O) groups is 1. The largest absolute Gasteiger partial charge is 0.494 e. The second-order valence-corrected chi connectivity index (χ2v) is 18.8. The first-order valence-corrected chi connectivity index (χ1v) is 22.4. The summed E-state index contributed by atoms with van der Waals surface area (Å²) in [5.74, 6) is 0.557. The molecular weight excluding hydrogens is 746 g/mol. The summed E-state index contributed by atoms with van der Waals surface area (Å²) < 4.78 is 43.1. The topological polar surface area (TPSA) is 92.9 Å². The summed E-state index contributed by atoms with van der Waals surface area (Å²) in [5.41, 5.74) is 6.08. The number of amides is 1. The predicted octanol–water partition coefficient (Wildman–Crippen LogP) is 12.2. The van der Waals surface area contributed by atoms with Gasteiger partial charge in [0.2, 0.25) is 0 Å². The maximum atomic E-state index is 15.2. The van der Waals surface area contributed by atoms with Crippen molar-refractivity contribution >= 4 is 17.0 Å². The third kappa shape index (κ3) is 11.7. The number of hydrogen-bond acceptors (Lipinski definition) is 7. The van der Waals surface area contributed by atoms with Gasteiger partial charge in [0.25, 0.3) is 0 Å². The zero-order valence-corrected chi connectivity index (χ0v) is 37.3. The molecule has 1 amide bonds. The Morgan fingerprint density at radius 1 is 0.949 bits per heavy atom. The second-order valence-electron chi connectivity index (χ2n) is 18.8. The first-order chi connectivity index (χ1) is 28.3. The van der Waals surface area contributed by atoms with Crippen molar-refractivity contribution in [1.29, 1.82) is 0 Å². The highest BCUT2D eigenvalue weighted by Gasteiger charge is 2.32. The number of rotatable bonds is 18. The van der Waals surface area contributed by atoms with Gasteiger partial charge in [-0.3, -0.25) is 0 Å². The Labute approximate surface area is 352 Å². The number of fused-ring (bicyclic) bond motifs is 2. The first-order valence-electron chi connectivity index (χ1n) is 22.4. The van der Waals surface area contributed by atoms with E-state index in [0.717, 1.165) is 83.2 Å². The second kappa shape index (κ2) is 20.1. The Hall–Kier alpha value is -3.96. The molecular formula is C48H70FN5O5. The lowest BCUT2D eigenvalue weighted by atomic mass is 9.89. The molecule has 0 aliphatic carbocycles. The molecule has 324 valence electrons. The number of imidazole rings is 1. The fourth-order valence-corrected chi connectivity index (χ4v) is 8.42. The van der Waals surface area contributed by atoms with E-state index in [1.165, 1.54) is 58.5 Å².